The molecule has 3 aliphatic carbocycles. The number of fused-ring (bicyclic) bond motifs is 2. The van der Waals surface area contributed by atoms with Gasteiger partial charge in [-0.1, -0.05) is 60.5 Å². The minimum atomic E-state index is -0.918. The van der Waals surface area contributed by atoms with Gasteiger partial charge in [0.25, 0.3) is 0 Å². The van der Waals surface area contributed by atoms with Gasteiger partial charge < -0.3 is 10.1 Å². The van der Waals surface area contributed by atoms with E-state index in [1.54, 1.807) is 18.0 Å². The zero-order valence-corrected chi connectivity index (χ0v) is 47.1. The van der Waals surface area contributed by atoms with Gasteiger partial charge in [-0.05, 0) is 166 Å². The molecule has 1 heterocycles. The SMILES string of the molecule is CC(C)c1cccc(C(C)C)c1[N]=[W]=[CH]C(C)(C)c1ccccc1.Cc1cc(C)c(-c2cc3c(c(C4=C5CCCCC5=C[C@H](c5c(C)cc(C)cc5C)C4C)c2O)CCCC3)c(C)c1.c1cc[n-]c1. The van der Waals surface area contributed by atoms with Gasteiger partial charge in [-0.2, -0.15) is 12.4 Å². The first-order chi connectivity index (χ1) is 33.0. The zero-order chi connectivity index (χ0) is 49.6. The summed E-state index contributed by atoms with van der Waals surface area (Å²) in [6, 6.07) is 32.8. The molecule has 0 aliphatic heterocycles. The number of nitrogens with zero attached hydrogens (tertiary/aromatic N) is 2. The molecule has 0 amide bonds. The smallest absolute Gasteiger partial charge is 0.131 e. The van der Waals surface area contributed by atoms with Crippen molar-refractivity contribution in [3.63, 3.8) is 0 Å². The van der Waals surface area contributed by atoms with E-state index in [0.717, 1.165) is 31.2 Å². The van der Waals surface area contributed by atoms with Gasteiger partial charge >= 0.3 is 156 Å². The predicted octanol–water partition coefficient (Wildman–Crippen LogP) is 17.7. The van der Waals surface area contributed by atoms with E-state index in [1.807, 2.05) is 12.1 Å². The Bertz CT molecular complexity index is 2790. The van der Waals surface area contributed by atoms with Crippen LogP contribution in [0.25, 0.3) is 16.7 Å². The number of aromatic nitrogens is 1. The third-order valence-corrected chi connectivity index (χ3v) is 18.5. The van der Waals surface area contributed by atoms with Crippen LogP contribution in [0, 0.1) is 47.5 Å². The van der Waals surface area contributed by atoms with E-state index in [0.29, 0.717) is 29.4 Å². The summed E-state index contributed by atoms with van der Waals surface area (Å²) in [7, 11) is 0. The van der Waals surface area contributed by atoms with E-state index >= 15 is 0 Å². The Morgan fingerprint density at radius 1 is 0.667 bits per heavy atom. The molecule has 1 aromatic heterocycles. The van der Waals surface area contributed by atoms with Crippen LogP contribution in [-0.2, 0) is 36.2 Å². The molecule has 1 unspecified atom stereocenters. The molecule has 3 nitrogen and oxygen atoms in total. The molecule has 6 aromatic rings. The van der Waals surface area contributed by atoms with Crippen LogP contribution < -0.4 is 4.98 Å². The van der Waals surface area contributed by atoms with Crippen LogP contribution in [-0.4, -0.2) is 9.51 Å². The second-order valence-corrected chi connectivity index (χ2v) is 23.8. The summed E-state index contributed by atoms with van der Waals surface area (Å²) in [5, 5.41) is 12.4. The Kier molecular flexibility index (Phi) is 17.2. The maximum Gasteiger partial charge on any atom is 0.131 e. The first-order valence-corrected chi connectivity index (χ1v) is 28.9. The van der Waals surface area contributed by atoms with Crippen molar-refractivity contribution in [1.29, 1.82) is 0 Å². The van der Waals surface area contributed by atoms with Gasteiger partial charge in [0.15, 0.2) is 0 Å². The fraction of sp³-hybridized carbons (Fsp3) is 0.400. The molecule has 0 radical (unpaired) electrons. The number of hydrogen-bond acceptors (Lipinski definition) is 2. The van der Waals surface area contributed by atoms with Crippen molar-refractivity contribution in [1.82, 2.24) is 4.98 Å². The number of benzene rings is 5. The molecule has 69 heavy (non-hydrogen) atoms. The number of rotatable bonds is 8. The summed E-state index contributed by atoms with van der Waals surface area (Å²) >= 11 is -0.918. The zero-order valence-electron chi connectivity index (χ0n) is 44.2. The van der Waals surface area contributed by atoms with Crippen LogP contribution in [0.2, 0.25) is 0 Å². The largest absolute Gasteiger partial charge is 0.670 e. The minimum Gasteiger partial charge on any atom is -0.670 e. The second kappa shape index (κ2) is 22.8. The van der Waals surface area contributed by atoms with Crippen LogP contribution >= 0.6 is 0 Å². The number of hydrogen-bond donors (Lipinski definition) is 1. The second-order valence-electron chi connectivity index (χ2n) is 21.5. The molecule has 1 N–H and O–H groups in total. The first kappa shape index (κ1) is 51.9. The summed E-state index contributed by atoms with van der Waals surface area (Å²) in [6.07, 6.45) is 15.5. The van der Waals surface area contributed by atoms with Crippen LogP contribution in [0.3, 0.4) is 0 Å². The summed E-state index contributed by atoms with van der Waals surface area (Å²) in [5.74, 6) is 2.20. The van der Waals surface area contributed by atoms with Gasteiger partial charge in [-0.25, -0.2) is 0 Å². The van der Waals surface area contributed by atoms with Gasteiger partial charge in [0, 0.05) is 17.0 Å². The predicted molar refractivity (Wildman–Crippen MR) is 292 cm³/mol. The molecule has 0 spiro atoms. The Labute approximate surface area is 424 Å². The van der Waals surface area contributed by atoms with Crippen LogP contribution in [0.15, 0.2) is 124 Å². The maximum atomic E-state index is 12.4. The molecule has 9 rings (SSSR count). The monoisotopic (exact) mass is 1090 g/mol. The minimum absolute atomic E-state index is 0.0974. The fourth-order valence-electron chi connectivity index (χ4n) is 11.7. The molecule has 0 saturated heterocycles. The van der Waals surface area contributed by atoms with Gasteiger partial charge in [0.05, 0.1) is 0 Å². The van der Waals surface area contributed by atoms with E-state index in [-0.39, 0.29) is 5.41 Å². The summed E-state index contributed by atoms with van der Waals surface area (Å²) < 4.78 is 7.66. The van der Waals surface area contributed by atoms with Crippen molar-refractivity contribution in [2.24, 2.45) is 9.41 Å². The average molecular weight is 1090 g/mol. The molecule has 4 heteroatoms. The Morgan fingerprint density at radius 3 is 1.81 bits per heavy atom. The van der Waals surface area contributed by atoms with Crippen LogP contribution in [0.5, 0.6) is 5.75 Å². The quantitative estimate of drug-likeness (QED) is 0.165. The third kappa shape index (κ3) is 11.8. The Hall–Kier alpha value is -4.98. The number of allylic oxidation sites excluding steroid dienone is 4. The molecular formula is C65H79N2OW-. The number of aryl methyl sites for hydroxylation is 7. The standard InChI is InChI=1S/C39H46O.C12H17N.C10H12.C4H4N.W/c1-22-16-24(3)35(25(4)17-22)33-20-29-12-8-10-14-31(29)37(28(33)7)38-32-15-11-9-13-30(32)21-34(39(38)40)36-26(5)18-23(2)19-27(36)6;1-8(2)10-6-5-7-11(9(3)4)12(10)13;1-10(2,3)9-7-5-4-6-8-9;1-2-4-5-3-1;/h16-21,28,33,40H,8-15H2,1-7H3;5-9H,1-4H3;1,4-8H,2-3H3;1-4H;/q;;;-1;/t28?,33-;;;;/m0..../s1. The molecule has 1 fully saturated rings. The van der Waals surface area contributed by atoms with Gasteiger partial charge in [0.2, 0.25) is 0 Å². The van der Waals surface area contributed by atoms with Crippen molar-refractivity contribution in [2.75, 3.05) is 0 Å². The van der Waals surface area contributed by atoms with Crippen molar-refractivity contribution < 1.29 is 23.0 Å². The molecule has 0 bridgehead atoms. The third-order valence-electron chi connectivity index (χ3n) is 14.9. The molecule has 362 valence electrons. The van der Waals surface area contributed by atoms with Crippen molar-refractivity contribution >= 4 is 15.7 Å². The van der Waals surface area contributed by atoms with E-state index in [9.17, 15) is 5.11 Å². The number of phenols is 1. The van der Waals surface area contributed by atoms with Crippen molar-refractivity contribution in [3.8, 4) is 16.9 Å². The number of phenolic OH excluding ortho intramolecular Hbond substituents is 1. The van der Waals surface area contributed by atoms with E-state index in [4.69, 9.17) is 3.50 Å². The van der Waals surface area contributed by atoms with E-state index in [1.165, 1.54) is 120 Å². The fourth-order valence-corrected chi connectivity index (χ4v) is 14.4. The van der Waals surface area contributed by atoms with Gasteiger partial charge in [-0.15, -0.1) is 0 Å². The van der Waals surface area contributed by atoms with Crippen LogP contribution in [0.4, 0.5) is 5.69 Å². The maximum absolute atomic E-state index is 12.4. The summed E-state index contributed by atoms with van der Waals surface area (Å²) in [5.41, 5.74) is 25.8. The normalized spacial score (nSPS) is 16.7. The van der Waals surface area contributed by atoms with E-state index < -0.39 is 17.9 Å². The Morgan fingerprint density at radius 2 is 1.23 bits per heavy atom. The first-order valence-electron chi connectivity index (χ1n) is 25.9. The summed E-state index contributed by atoms with van der Waals surface area (Å²) in [4.78, 5) is 3.72. The average Bonchev–Trinajstić information content (AvgIpc) is 3.91. The van der Waals surface area contributed by atoms with Gasteiger partial charge in [0.1, 0.15) is 5.75 Å². The van der Waals surface area contributed by atoms with E-state index in [2.05, 4.69) is 184 Å². The van der Waals surface area contributed by atoms with Crippen molar-refractivity contribution in [2.45, 2.75) is 165 Å². The topological polar surface area (TPSA) is 46.7 Å². The summed E-state index contributed by atoms with van der Waals surface area (Å²) in [6.45, 7) is 29.5. The molecule has 1 saturated carbocycles. The molecular weight excluding hydrogens is 1010 g/mol. The molecule has 5 aromatic carbocycles. The molecule has 2 atom stereocenters. The molecule has 3 aliphatic rings. The Balaban J connectivity index is 0.000000205. The number of aromatic hydroxyl groups is 1. The van der Waals surface area contributed by atoms with Crippen molar-refractivity contribution in [3.05, 3.63) is 193 Å². The van der Waals surface area contributed by atoms with Crippen LogP contribution in [0.1, 0.15) is 177 Å². The van der Waals surface area contributed by atoms with Gasteiger partial charge in [-0.3, -0.25) is 0 Å².